The molecule has 0 spiro atoms. The van der Waals surface area contributed by atoms with Gasteiger partial charge < -0.3 is 14.5 Å². The normalized spacial score (nSPS) is 21.2. The summed E-state index contributed by atoms with van der Waals surface area (Å²) in [6.45, 7) is 20.0. The molecule has 1 fully saturated rings. The van der Waals surface area contributed by atoms with Crippen LogP contribution in [0.2, 0.25) is 18.1 Å². The lowest BCUT2D eigenvalue weighted by Gasteiger charge is -2.40. The maximum atomic E-state index is 12.6. The van der Waals surface area contributed by atoms with Crippen molar-refractivity contribution in [2.75, 3.05) is 19.7 Å². The van der Waals surface area contributed by atoms with Gasteiger partial charge in [-0.05, 0) is 50.9 Å². The summed E-state index contributed by atoms with van der Waals surface area (Å²) < 4.78 is 12.1. The Labute approximate surface area is 178 Å². The fraction of sp³-hybridized carbons (Fsp3) is 0.696. The Hall–Kier alpha value is -1.37. The molecule has 6 heteroatoms. The maximum Gasteiger partial charge on any atom is 0.408 e. The number of alkyl carbamates (subject to hydrolysis) is 1. The number of amides is 1. The van der Waals surface area contributed by atoms with E-state index in [1.165, 1.54) is 5.56 Å². The van der Waals surface area contributed by atoms with Crippen molar-refractivity contribution in [3.05, 3.63) is 35.9 Å². The zero-order valence-electron chi connectivity index (χ0n) is 19.6. The average molecular weight is 421 g/mol. The molecule has 1 aromatic carbocycles. The highest BCUT2D eigenvalue weighted by Gasteiger charge is 2.44. The highest BCUT2D eigenvalue weighted by molar-refractivity contribution is 6.74. The van der Waals surface area contributed by atoms with Crippen LogP contribution in [0, 0.1) is 0 Å². The Balaban J connectivity index is 2.12. The standard InChI is InChI=1S/C23H40N2O3Si/c1-21(2,3)28-20(26)24-23(18-27-29(7,8)22(4,5)6)14-15-25(17-23)16-19-12-10-9-11-13-19/h9-13H,14-18H2,1-8H3,(H,24,26). The molecule has 1 saturated heterocycles. The number of nitrogens with zero attached hydrogens (tertiary/aromatic N) is 1. The number of likely N-dealkylation sites (tertiary alicyclic amines) is 1. The minimum Gasteiger partial charge on any atom is -0.444 e. The smallest absolute Gasteiger partial charge is 0.408 e. The van der Waals surface area contributed by atoms with Crippen molar-refractivity contribution in [2.24, 2.45) is 0 Å². The van der Waals surface area contributed by atoms with Crippen LogP contribution < -0.4 is 5.32 Å². The summed E-state index contributed by atoms with van der Waals surface area (Å²) in [5.41, 5.74) is 0.339. The van der Waals surface area contributed by atoms with E-state index >= 15 is 0 Å². The number of rotatable bonds is 6. The molecule has 0 aliphatic carbocycles. The molecule has 5 nitrogen and oxygen atoms in total. The van der Waals surface area contributed by atoms with Crippen LogP contribution in [0.25, 0.3) is 0 Å². The van der Waals surface area contributed by atoms with Gasteiger partial charge >= 0.3 is 6.09 Å². The van der Waals surface area contributed by atoms with E-state index in [4.69, 9.17) is 9.16 Å². The van der Waals surface area contributed by atoms with Gasteiger partial charge in [-0.2, -0.15) is 0 Å². The third-order valence-corrected chi connectivity index (χ3v) is 10.4. The summed E-state index contributed by atoms with van der Waals surface area (Å²) in [5.74, 6) is 0. The quantitative estimate of drug-likeness (QED) is 0.645. The lowest BCUT2D eigenvalue weighted by Crippen LogP contribution is -2.57. The lowest BCUT2D eigenvalue weighted by atomic mass is 10.0. The first-order chi connectivity index (χ1) is 13.2. The van der Waals surface area contributed by atoms with Crippen molar-refractivity contribution in [3.63, 3.8) is 0 Å². The first kappa shape index (κ1) is 23.9. The van der Waals surface area contributed by atoms with E-state index in [9.17, 15) is 4.79 Å². The molecule has 164 valence electrons. The van der Waals surface area contributed by atoms with Gasteiger partial charge in [0.15, 0.2) is 8.32 Å². The number of nitrogens with one attached hydrogen (secondary N) is 1. The number of hydrogen-bond donors (Lipinski definition) is 1. The molecule has 1 N–H and O–H groups in total. The van der Waals surface area contributed by atoms with Crippen LogP contribution in [0.4, 0.5) is 4.79 Å². The SMILES string of the molecule is CC(C)(C)OC(=O)NC1(CO[Si](C)(C)C(C)(C)C)CCN(Cc2ccccc2)C1. The van der Waals surface area contributed by atoms with Gasteiger partial charge in [0.05, 0.1) is 12.1 Å². The fourth-order valence-electron chi connectivity index (χ4n) is 3.25. The van der Waals surface area contributed by atoms with E-state index in [0.717, 1.165) is 26.1 Å². The van der Waals surface area contributed by atoms with Crippen LogP contribution in [-0.4, -0.2) is 50.1 Å². The van der Waals surface area contributed by atoms with Crippen molar-refractivity contribution < 1.29 is 14.0 Å². The van der Waals surface area contributed by atoms with Crippen LogP contribution in [0.3, 0.4) is 0 Å². The maximum absolute atomic E-state index is 12.6. The average Bonchev–Trinajstić information content (AvgIpc) is 2.94. The molecule has 0 saturated carbocycles. The van der Waals surface area contributed by atoms with E-state index < -0.39 is 19.5 Å². The summed E-state index contributed by atoms with van der Waals surface area (Å²) in [4.78, 5) is 15.0. The van der Waals surface area contributed by atoms with Gasteiger partial charge in [0.25, 0.3) is 0 Å². The van der Waals surface area contributed by atoms with Crippen molar-refractivity contribution in [1.82, 2.24) is 10.2 Å². The lowest BCUT2D eigenvalue weighted by molar-refractivity contribution is 0.0410. The van der Waals surface area contributed by atoms with Crippen LogP contribution in [0.15, 0.2) is 30.3 Å². The van der Waals surface area contributed by atoms with Gasteiger partial charge in [-0.3, -0.25) is 4.90 Å². The van der Waals surface area contributed by atoms with Gasteiger partial charge in [-0.15, -0.1) is 0 Å². The minimum absolute atomic E-state index is 0.127. The molecule has 1 heterocycles. The second-order valence-electron chi connectivity index (χ2n) is 10.9. The Kier molecular flexibility index (Phi) is 7.24. The molecule has 1 unspecified atom stereocenters. The van der Waals surface area contributed by atoms with E-state index in [0.29, 0.717) is 6.61 Å². The molecule has 0 bridgehead atoms. The predicted molar refractivity (Wildman–Crippen MR) is 122 cm³/mol. The highest BCUT2D eigenvalue weighted by Crippen LogP contribution is 2.38. The second-order valence-corrected chi connectivity index (χ2v) is 15.7. The van der Waals surface area contributed by atoms with Crippen molar-refractivity contribution in [3.8, 4) is 0 Å². The molecule has 0 radical (unpaired) electrons. The molecular formula is C23H40N2O3Si. The molecule has 1 aromatic rings. The Morgan fingerprint density at radius 1 is 1.14 bits per heavy atom. The second kappa shape index (κ2) is 8.78. The number of carbonyl (C=O) groups excluding carboxylic acids is 1. The third-order valence-electron chi connectivity index (χ3n) is 5.96. The van der Waals surface area contributed by atoms with Gasteiger partial charge in [0.1, 0.15) is 5.60 Å². The summed E-state index contributed by atoms with van der Waals surface area (Å²) in [5, 5.41) is 3.31. The molecule has 1 amide bonds. The van der Waals surface area contributed by atoms with Gasteiger partial charge in [-0.1, -0.05) is 51.1 Å². The van der Waals surface area contributed by atoms with Crippen molar-refractivity contribution >= 4 is 14.4 Å². The third kappa shape index (κ3) is 7.12. The fourth-order valence-corrected chi connectivity index (χ4v) is 4.32. The zero-order valence-corrected chi connectivity index (χ0v) is 20.6. The number of carbonyl (C=O) groups is 1. The van der Waals surface area contributed by atoms with Gasteiger partial charge in [-0.25, -0.2) is 4.79 Å². The first-order valence-corrected chi connectivity index (χ1v) is 13.5. The summed E-state index contributed by atoms with van der Waals surface area (Å²) in [6, 6.07) is 10.5. The molecule has 1 aliphatic rings. The van der Waals surface area contributed by atoms with Crippen LogP contribution >= 0.6 is 0 Å². The van der Waals surface area contributed by atoms with Gasteiger partial charge in [0, 0.05) is 19.6 Å². The minimum atomic E-state index is -1.92. The Morgan fingerprint density at radius 2 is 1.76 bits per heavy atom. The predicted octanol–water partition coefficient (Wildman–Crippen LogP) is 5.18. The zero-order chi connectivity index (χ0) is 21.9. The van der Waals surface area contributed by atoms with E-state index in [1.807, 2.05) is 26.8 Å². The number of benzene rings is 1. The van der Waals surface area contributed by atoms with E-state index in [-0.39, 0.29) is 11.1 Å². The molecule has 0 aromatic heterocycles. The Morgan fingerprint density at radius 3 is 2.31 bits per heavy atom. The molecular weight excluding hydrogens is 380 g/mol. The van der Waals surface area contributed by atoms with E-state index in [2.05, 4.69) is 68.3 Å². The van der Waals surface area contributed by atoms with E-state index in [1.54, 1.807) is 0 Å². The van der Waals surface area contributed by atoms with Crippen LogP contribution in [0.5, 0.6) is 0 Å². The van der Waals surface area contributed by atoms with Gasteiger partial charge in [0.2, 0.25) is 0 Å². The van der Waals surface area contributed by atoms with Crippen molar-refractivity contribution in [1.29, 1.82) is 0 Å². The van der Waals surface area contributed by atoms with Crippen molar-refractivity contribution in [2.45, 2.75) is 83.8 Å². The molecule has 1 atom stereocenters. The highest BCUT2D eigenvalue weighted by atomic mass is 28.4. The first-order valence-electron chi connectivity index (χ1n) is 10.6. The summed E-state index contributed by atoms with van der Waals surface area (Å²) in [6.07, 6.45) is 0.492. The topological polar surface area (TPSA) is 50.8 Å². The Bertz CT molecular complexity index is 680. The summed E-state index contributed by atoms with van der Waals surface area (Å²) >= 11 is 0. The molecule has 29 heavy (non-hydrogen) atoms. The number of hydrogen-bond acceptors (Lipinski definition) is 4. The molecule has 1 aliphatic heterocycles. The van der Waals surface area contributed by atoms with Crippen LogP contribution in [0.1, 0.15) is 53.5 Å². The number of ether oxygens (including phenoxy) is 1. The largest absolute Gasteiger partial charge is 0.444 e. The van der Waals surface area contributed by atoms with Crippen LogP contribution in [-0.2, 0) is 15.7 Å². The molecule has 2 rings (SSSR count). The monoisotopic (exact) mass is 420 g/mol. The summed E-state index contributed by atoms with van der Waals surface area (Å²) in [7, 11) is -1.92.